The Balaban J connectivity index is 1.87. The molecule has 0 aliphatic heterocycles. The number of aromatic nitrogens is 3. The molecule has 5 nitrogen and oxygen atoms in total. The maximum Gasteiger partial charge on any atom is 0.267 e. The lowest BCUT2D eigenvalue weighted by Gasteiger charge is -1.99. The van der Waals surface area contributed by atoms with Crippen LogP contribution in [0, 0.1) is 6.92 Å². The van der Waals surface area contributed by atoms with Gasteiger partial charge in [0, 0.05) is 16.8 Å². The number of thiazole rings is 1. The van der Waals surface area contributed by atoms with Gasteiger partial charge in [0.15, 0.2) is 0 Å². The molecule has 2 aromatic heterocycles. The van der Waals surface area contributed by atoms with Gasteiger partial charge in [-0.25, -0.2) is 4.98 Å². The van der Waals surface area contributed by atoms with Crippen molar-refractivity contribution >= 4 is 34.5 Å². The van der Waals surface area contributed by atoms with Crippen molar-refractivity contribution in [3.63, 3.8) is 0 Å². The number of halogens is 1. The van der Waals surface area contributed by atoms with Gasteiger partial charge in [-0.05, 0) is 19.1 Å². The van der Waals surface area contributed by atoms with E-state index in [2.05, 4.69) is 20.5 Å². The van der Waals surface area contributed by atoms with Crippen molar-refractivity contribution in [1.29, 1.82) is 0 Å². The van der Waals surface area contributed by atoms with Gasteiger partial charge in [0.2, 0.25) is 0 Å². The molecular formula is C14H11ClN4OS. The molecule has 0 spiro atoms. The molecule has 0 fully saturated rings. The van der Waals surface area contributed by atoms with Gasteiger partial charge in [-0.3, -0.25) is 9.89 Å². The first-order valence-electron chi connectivity index (χ1n) is 6.17. The van der Waals surface area contributed by atoms with Crippen LogP contribution in [-0.4, -0.2) is 21.1 Å². The second-order valence-corrected chi connectivity index (χ2v) is 5.82. The maximum absolute atomic E-state index is 12.2. The predicted octanol–water partition coefficient (Wildman–Crippen LogP) is 3.75. The van der Waals surface area contributed by atoms with Gasteiger partial charge >= 0.3 is 0 Å². The molecule has 1 amide bonds. The first kappa shape index (κ1) is 13.8. The number of benzene rings is 1. The van der Waals surface area contributed by atoms with Gasteiger partial charge in [-0.1, -0.05) is 23.7 Å². The fourth-order valence-electron chi connectivity index (χ4n) is 1.83. The molecule has 21 heavy (non-hydrogen) atoms. The lowest BCUT2D eigenvalue weighted by atomic mass is 10.2. The van der Waals surface area contributed by atoms with Crippen LogP contribution in [-0.2, 0) is 0 Å². The zero-order valence-corrected chi connectivity index (χ0v) is 12.6. The molecule has 7 heteroatoms. The minimum absolute atomic E-state index is 0.188. The summed E-state index contributed by atoms with van der Waals surface area (Å²) in [6.45, 7) is 1.82. The highest BCUT2D eigenvalue weighted by Crippen LogP contribution is 2.29. The lowest BCUT2D eigenvalue weighted by molar-refractivity contribution is 0.103. The van der Waals surface area contributed by atoms with Crippen LogP contribution < -0.4 is 5.32 Å². The summed E-state index contributed by atoms with van der Waals surface area (Å²) in [5, 5.41) is 10.7. The molecule has 3 aromatic rings. The second-order valence-electron chi connectivity index (χ2n) is 4.38. The van der Waals surface area contributed by atoms with E-state index in [-0.39, 0.29) is 5.91 Å². The van der Waals surface area contributed by atoms with E-state index in [0.717, 1.165) is 10.6 Å². The van der Waals surface area contributed by atoms with Crippen molar-refractivity contribution in [2.45, 2.75) is 6.92 Å². The molecule has 1 aromatic carbocycles. The molecule has 0 saturated heterocycles. The van der Waals surface area contributed by atoms with E-state index in [9.17, 15) is 4.79 Å². The van der Waals surface area contributed by atoms with Crippen molar-refractivity contribution in [3.8, 4) is 10.6 Å². The highest BCUT2D eigenvalue weighted by molar-refractivity contribution is 7.17. The summed E-state index contributed by atoms with van der Waals surface area (Å²) in [4.78, 5) is 17.3. The average Bonchev–Trinajstić information content (AvgIpc) is 3.09. The third kappa shape index (κ3) is 2.96. The molecule has 0 aliphatic carbocycles. The fraction of sp³-hybridized carbons (Fsp3) is 0.0714. The Morgan fingerprint density at radius 3 is 2.76 bits per heavy atom. The third-order valence-electron chi connectivity index (χ3n) is 2.85. The van der Waals surface area contributed by atoms with Crippen LogP contribution in [0.3, 0.4) is 0 Å². The molecular weight excluding hydrogens is 308 g/mol. The molecule has 0 saturated carbocycles. The average molecular weight is 319 g/mol. The van der Waals surface area contributed by atoms with Crippen molar-refractivity contribution in [3.05, 3.63) is 52.3 Å². The van der Waals surface area contributed by atoms with Gasteiger partial charge in [-0.2, -0.15) is 5.10 Å². The minimum Gasteiger partial charge on any atom is -0.319 e. The number of nitrogens with one attached hydrogen (secondary N) is 2. The molecule has 106 valence electrons. The predicted molar refractivity (Wildman–Crippen MR) is 83.8 cm³/mol. The van der Waals surface area contributed by atoms with Gasteiger partial charge in [-0.15, -0.1) is 11.3 Å². The number of anilines is 1. The third-order valence-corrected chi connectivity index (χ3v) is 4.31. The topological polar surface area (TPSA) is 70.7 Å². The van der Waals surface area contributed by atoms with Crippen LogP contribution in [0.25, 0.3) is 10.6 Å². The summed E-state index contributed by atoms with van der Waals surface area (Å²) in [5.41, 5.74) is 2.27. The highest BCUT2D eigenvalue weighted by Gasteiger charge is 2.16. The Morgan fingerprint density at radius 2 is 2.10 bits per heavy atom. The Labute approximate surface area is 130 Å². The van der Waals surface area contributed by atoms with Gasteiger partial charge in [0.05, 0.1) is 17.6 Å². The zero-order valence-electron chi connectivity index (χ0n) is 11.1. The van der Waals surface area contributed by atoms with E-state index in [1.807, 2.05) is 19.1 Å². The fourth-order valence-corrected chi connectivity index (χ4v) is 2.92. The Morgan fingerprint density at radius 1 is 1.33 bits per heavy atom. The van der Waals surface area contributed by atoms with Crippen LogP contribution in [0.1, 0.15) is 15.4 Å². The summed E-state index contributed by atoms with van der Waals surface area (Å²) in [6, 6.07) is 7.38. The van der Waals surface area contributed by atoms with Gasteiger partial charge in [0.25, 0.3) is 5.91 Å². The minimum atomic E-state index is -0.188. The lowest BCUT2D eigenvalue weighted by Crippen LogP contribution is -2.10. The van der Waals surface area contributed by atoms with E-state index in [4.69, 9.17) is 11.6 Å². The first-order valence-corrected chi connectivity index (χ1v) is 7.36. The molecule has 0 aliphatic rings. The number of nitrogens with zero attached hydrogens (tertiary/aromatic N) is 2. The van der Waals surface area contributed by atoms with E-state index < -0.39 is 0 Å². The number of aromatic amines is 1. The molecule has 0 unspecified atom stereocenters. The number of rotatable bonds is 3. The molecule has 0 radical (unpaired) electrons. The van der Waals surface area contributed by atoms with Crippen molar-refractivity contribution < 1.29 is 4.79 Å². The molecule has 2 heterocycles. The summed E-state index contributed by atoms with van der Waals surface area (Å²) >= 11 is 7.23. The number of carbonyl (C=O) groups excluding carboxylic acids is 1. The summed E-state index contributed by atoms with van der Waals surface area (Å²) in [7, 11) is 0. The zero-order chi connectivity index (χ0) is 14.8. The quantitative estimate of drug-likeness (QED) is 0.772. The van der Waals surface area contributed by atoms with E-state index in [1.165, 1.54) is 11.3 Å². The van der Waals surface area contributed by atoms with Crippen LogP contribution in [0.15, 0.2) is 36.7 Å². The van der Waals surface area contributed by atoms with Crippen molar-refractivity contribution in [2.75, 3.05) is 5.32 Å². The largest absolute Gasteiger partial charge is 0.319 e. The van der Waals surface area contributed by atoms with Gasteiger partial charge in [0.1, 0.15) is 9.88 Å². The standard InChI is InChI=1S/C14H11ClN4OS/c1-8-12(13(20)19-11-6-16-17-7-11)21-14(18-8)9-2-4-10(15)5-3-9/h2-7H,1H3,(H,16,17)(H,19,20). The SMILES string of the molecule is Cc1nc(-c2ccc(Cl)cc2)sc1C(=O)Nc1cn[nH]c1. The van der Waals surface area contributed by atoms with Crippen LogP contribution in [0.2, 0.25) is 5.02 Å². The molecule has 0 atom stereocenters. The second kappa shape index (κ2) is 5.67. The van der Waals surface area contributed by atoms with Crippen molar-refractivity contribution in [2.24, 2.45) is 0 Å². The summed E-state index contributed by atoms with van der Waals surface area (Å²) < 4.78 is 0. The monoisotopic (exact) mass is 318 g/mol. The summed E-state index contributed by atoms with van der Waals surface area (Å²) in [6.07, 6.45) is 3.17. The Bertz CT molecular complexity index is 765. The number of amides is 1. The Kier molecular flexibility index (Phi) is 3.72. The molecule has 2 N–H and O–H groups in total. The number of hydrogen-bond donors (Lipinski definition) is 2. The van der Waals surface area contributed by atoms with Gasteiger partial charge < -0.3 is 5.32 Å². The number of H-pyrrole nitrogens is 1. The van der Waals surface area contributed by atoms with Crippen molar-refractivity contribution in [1.82, 2.24) is 15.2 Å². The number of aryl methyl sites for hydroxylation is 1. The number of hydrogen-bond acceptors (Lipinski definition) is 4. The van der Waals surface area contributed by atoms with Crippen LogP contribution in [0.4, 0.5) is 5.69 Å². The Hall–Kier alpha value is -2.18. The molecule has 3 rings (SSSR count). The normalized spacial score (nSPS) is 10.6. The highest BCUT2D eigenvalue weighted by atomic mass is 35.5. The smallest absolute Gasteiger partial charge is 0.267 e. The maximum atomic E-state index is 12.2. The van der Waals surface area contributed by atoms with E-state index in [0.29, 0.717) is 21.3 Å². The van der Waals surface area contributed by atoms with E-state index >= 15 is 0 Å². The van der Waals surface area contributed by atoms with Crippen LogP contribution in [0.5, 0.6) is 0 Å². The molecule has 0 bridgehead atoms. The van der Waals surface area contributed by atoms with E-state index in [1.54, 1.807) is 24.5 Å². The number of carbonyl (C=O) groups is 1. The summed E-state index contributed by atoms with van der Waals surface area (Å²) in [5.74, 6) is -0.188. The first-order chi connectivity index (χ1) is 10.1. The van der Waals surface area contributed by atoms with Crippen LogP contribution >= 0.6 is 22.9 Å².